The predicted molar refractivity (Wildman–Crippen MR) is 60.5 cm³/mol. The molecule has 0 spiro atoms. The molecule has 16 heavy (non-hydrogen) atoms. The fourth-order valence-corrected chi connectivity index (χ4v) is 1.60. The number of benzene rings is 1. The van der Waals surface area contributed by atoms with Crippen molar-refractivity contribution in [2.75, 3.05) is 0 Å². The molecule has 1 aromatic carbocycles. The predicted octanol–water partition coefficient (Wildman–Crippen LogP) is 2.88. The Morgan fingerprint density at radius 1 is 1.38 bits per heavy atom. The van der Waals surface area contributed by atoms with E-state index in [1.807, 2.05) is 0 Å². The van der Waals surface area contributed by atoms with E-state index in [0.29, 0.717) is 15.7 Å². The zero-order valence-electron chi connectivity index (χ0n) is 7.89. The first kappa shape index (κ1) is 11.0. The highest BCUT2D eigenvalue weighted by atomic mass is 35.5. The van der Waals surface area contributed by atoms with Crippen LogP contribution in [0.2, 0.25) is 10.0 Å². The Kier molecular flexibility index (Phi) is 2.85. The molecule has 0 bridgehead atoms. The summed E-state index contributed by atoms with van der Waals surface area (Å²) in [7, 11) is 0. The fourth-order valence-electron chi connectivity index (χ4n) is 1.23. The number of carboxylic acid groups (broad SMARTS) is 1. The van der Waals surface area contributed by atoms with Crippen molar-refractivity contribution >= 4 is 29.2 Å². The maximum atomic E-state index is 10.7. The van der Waals surface area contributed by atoms with Crippen molar-refractivity contribution in [1.82, 2.24) is 9.78 Å². The van der Waals surface area contributed by atoms with Gasteiger partial charge in [0.15, 0.2) is 0 Å². The van der Waals surface area contributed by atoms with E-state index in [9.17, 15) is 4.79 Å². The third-order valence-corrected chi connectivity index (χ3v) is 2.54. The Morgan fingerprint density at radius 2 is 2.12 bits per heavy atom. The number of aromatic nitrogens is 2. The number of carbonyl (C=O) groups is 1. The topological polar surface area (TPSA) is 55.1 Å². The molecule has 0 aliphatic heterocycles. The third-order valence-electron chi connectivity index (χ3n) is 1.98. The lowest BCUT2D eigenvalue weighted by molar-refractivity contribution is 0.0697. The van der Waals surface area contributed by atoms with Crippen molar-refractivity contribution in [2.45, 2.75) is 0 Å². The average molecular weight is 257 g/mol. The van der Waals surface area contributed by atoms with Crippen LogP contribution in [0.25, 0.3) is 5.69 Å². The standard InChI is InChI=1S/C10H6Cl2N2O2/c11-7-1-2-8(12)9(3-7)14-5-6(4-13-14)10(15)16/h1-5H,(H,15,16). The first-order chi connectivity index (χ1) is 7.58. The van der Waals surface area contributed by atoms with Gasteiger partial charge in [0.1, 0.15) is 0 Å². The third kappa shape index (κ3) is 2.03. The number of nitrogens with zero attached hydrogens (tertiary/aromatic N) is 2. The lowest BCUT2D eigenvalue weighted by Crippen LogP contribution is -1.96. The van der Waals surface area contributed by atoms with Gasteiger partial charge in [-0.15, -0.1) is 0 Å². The van der Waals surface area contributed by atoms with Crippen molar-refractivity contribution in [2.24, 2.45) is 0 Å². The van der Waals surface area contributed by atoms with Crippen LogP contribution >= 0.6 is 23.2 Å². The SMILES string of the molecule is O=C(O)c1cnn(-c2cc(Cl)ccc2Cl)c1. The van der Waals surface area contributed by atoms with Gasteiger partial charge in [-0.1, -0.05) is 23.2 Å². The minimum atomic E-state index is -1.04. The number of carboxylic acids is 1. The van der Waals surface area contributed by atoms with Crippen molar-refractivity contribution in [3.8, 4) is 5.69 Å². The molecule has 0 amide bonds. The van der Waals surface area contributed by atoms with Crippen LogP contribution in [0.5, 0.6) is 0 Å². The lowest BCUT2D eigenvalue weighted by atomic mass is 10.3. The van der Waals surface area contributed by atoms with Gasteiger partial charge in [0.2, 0.25) is 0 Å². The summed E-state index contributed by atoms with van der Waals surface area (Å²) in [6.45, 7) is 0. The molecule has 4 nitrogen and oxygen atoms in total. The maximum absolute atomic E-state index is 10.7. The minimum absolute atomic E-state index is 0.0936. The Morgan fingerprint density at radius 3 is 2.75 bits per heavy atom. The van der Waals surface area contributed by atoms with Crippen LogP contribution in [0.1, 0.15) is 10.4 Å². The second kappa shape index (κ2) is 4.15. The van der Waals surface area contributed by atoms with E-state index >= 15 is 0 Å². The molecule has 1 N–H and O–H groups in total. The van der Waals surface area contributed by atoms with Crippen LogP contribution in [0, 0.1) is 0 Å². The molecule has 0 aliphatic rings. The van der Waals surface area contributed by atoms with E-state index in [2.05, 4.69) is 5.10 Å². The molecule has 0 aliphatic carbocycles. The van der Waals surface area contributed by atoms with Crippen molar-refractivity contribution < 1.29 is 9.90 Å². The van der Waals surface area contributed by atoms with Gasteiger partial charge < -0.3 is 5.11 Å². The Balaban J connectivity index is 2.50. The van der Waals surface area contributed by atoms with Gasteiger partial charge in [0, 0.05) is 11.2 Å². The first-order valence-electron chi connectivity index (χ1n) is 4.31. The minimum Gasteiger partial charge on any atom is -0.478 e. The van der Waals surface area contributed by atoms with Crippen LogP contribution in [0.3, 0.4) is 0 Å². The van der Waals surface area contributed by atoms with Crippen LogP contribution in [0.15, 0.2) is 30.6 Å². The maximum Gasteiger partial charge on any atom is 0.338 e. The van der Waals surface area contributed by atoms with E-state index in [4.69, 9.17) is 28.3 Å². The van der Waals surface area contributed by atoms with Gasteiger partial charge in [-0.05, 0) is 18.2 Å². The summed E-state index contributed by atoms with van der Waals surface area (Å²) in [6.07, 6.45) is 2.62. The molecule has 0 saturated heterocycles. The molecule has 6 heteroatoms. The van der Waals surface area contributed by atoms with Crippen LogP contribution < -0.4 is 0 Å². The summed E-state index contributed by atoms with van der Waals surface area (Å²) in [6, 6.07) is 4.89. The molecule has 2 rings (SSSR count). The van der Waals surface area contributed by atoms with Gasteiger partial charge in [-0.25, -0.2) is 9.48 Å². The number of rotatable bonds is 2. The van der Waals surface area contributed by atoms with Gasteiger partial charge in [0.25, 0.3) is 0 Å². The second-order valence-electron chi connectivity index (χ2n) is 3.07. The zero-order chi connectivity index (χ0) is 11.7. The molecule has 2 aromatic rings. The van der Waals surface area contributed by atoms with E-state index in [1.54, 1.807) is 18.2 Å². The van der Waals surface area contributed by atoms with Crippen LogP contribution in [-0.2, 0) is 0 Å². The Hall–Kier alpha value is -1.52. The average Bonchev–Trinajstić information content (AvgIpc) is 2.70. The molecular weight excluding hydrogens is 251 g/mol. The largest absolute Gasteiger partial charge is 0.478 e. The molecule has 0 unspecified atom stereocenters. The number of halogens is 2. The quantitative estimate of drug-likeness (QED) is 0.899. The molecule has 1 aromatic heterocycles. The van der Waals surface area contributed by atoms with Crippen molar-refractivity contribution in [1.29, 1.82) is 0 Å². The monoisotopic (exact) mass is 256 g/mol. The van der Waals surface area contributed by atoms with Gasteiger partial charge >= 0.3 is 5.97 Å². The number of aromatic carboxylic acids is 1. The summed E-state index contributed by atoms with van der Waals surface area (Å²) < 4.78 is 1.37. The lowest BCUT2D eigenvalue weighted by Gasteiger charge is -2.03. The fraction of sp³-hybridized carbons (Fsp3) is 0. The van der Waals surface area contributed by atoms with Crippen molar-refractivity contribution in [3.05, 3.63) is 46.2 Å². The molecule has 0 saturated carbocycles. The van der Waals surface area contributed by atoms with E-state index in [1.165, 1.54) is 17.1 Å². The first-order valence-corrected chi connectivity index (χ1v) is 5.07. The molecule has 1 heterocycles. The summed E-state index contributed by atoms with van der Waals surface area (Å²) in [5, 5.41) is 13.6. The van der Waals surface area contributed by atoms with E-state index < -0.39 is 5.97 Å². The summed E-state index contributed by atoms with van der Waals surface area (Å²) in [5.41, 5.74) is 0.637. The van der Waals surface area contributed by atoms with Gasteiger partial charge in [-0.3, -0.25) is 0 Å². The summed E-state index contributed by atoms with van der Waals surface area (Å²) in [4.78, 5) is 10.7. The van der Waals surface area contributed by atoms with E-state index in [-0.39, 0.29) is 5.56 Å². The number of hydrogen-bond donors (Lipinski definition) is 1. The molecular formula is C10H6Cl2N2O2. The smallest absolute Gasteiger partial charge is 0.338 e. The highest BCUT2D eigenvalue weighted by molar-refractivity contribution is 6.34. The Bertz CT molecular complexity index is 552. The zero-order valence-corrected chi connectivity index (χ0v) is 9.40. The van der Waals surface area contributed by atoms with Crippen molar-refractivity contribution in [3.63, 3.8) is 0 Å². The molecule has 82 valence electrons. The van der Waals surface area contributed by atoms with E-state index in [0.717, 1.165) is 0 Å². The summed E-state index contributed by atoms with van der Waals surface area (Å²) in [5.74, 6) is -1.04. The second-order valence-corrected chi connectivity index (χ2v) is 3.92. The summed E-state index contributed by atoms with van der Waals surface area (Å²) >= 11 is 11.8. The number of hydrogen-bond acceptors (Lipinski definition) is 2. The molecule has 0 radical (unpaired) electrons. The van der Waals surface area contributed by atoms with Crippen LogP contribution in [-0.4, -0.2) is 20.9 Å². The Labute approximate surface area is 101 Å². The van der Waals surface area contributed by atoms with Crippen LogP contribution in [0.4, 0.5) is 0 Å². The molecule has 0 fully saturated rings. The normalized spacial score (nSPS) is 10.4. The van der Waals surface area contributed by atoms with Gasteiger partial charge in [-0.2, -0.15) is 5.10 Å². The molecule has 0 atom stereocenters. The van der Waals surface area contributed by atoms with Gasteiger partial charge in [0.05, 0.1) is 22.5 Å². The highest BCUT2D eigenvalue weighted by Crippen LogP contribution is 2.23. The highest BCUT2D eigenvalue weighted by Gasteiger charge is 2.09.